The van der Waals surface area contributed by atoms with Gasteiger partial charge in [0.1, 0.15) is 23.0 Å². The zero-order valence-electron chi connectivity index (χ0n) is 32.4. The van der Waals surface area contributed by atoms with Crippen LogP contribution in [0.15, 0.2) is 94.9 Å². The van der Waals surface area contributed by atoms with Gasteiger partial charge in [-0.2, -0.15) is 11.0 Å². The minimum Gasteiger partial charge on any atom is -0.496 e. The number of methoxy groups -OCH3 is 4. The third kappa shape index (κ3) is 10.5. The van der Waals surface area contributed by atoms with E-state index in [9.17, 15) is 9.59 Å². The quantitative estimate of drug-likeness (QED) is 0.0434. The van der Waals surface area contributed by atoms with E-state index in [0.717, 1.165) is 43.7 Å². The standard InChI is InChI=1S/C40H40N8O8S2/c1-23-13-15-27-33(19-23)57-39(43-27)45-37(41-21-25-29(51-3)9-7-10-30(25)52-4)47-55-35(49)17-18-36(50)56-48-38(42-22-26-31(53-5)11-8-12-32(26)54-6)46-40-44-28-16-14-24(2)20-34(28)58-40/h7-20H,21-22H2,1-6H3,(H2,41,43,45,47)(H2,42,44,46,48)/b18-17+. The number of ether oxygens (including phenoxy) is 4. The van der Waals surface area contributed by atoms with Gasteiger partial charge in [0.25, 0.3) is 0 Å². The second-order valence-electron chi connectivity index (χ2n) is 12.2. The van der Waals surface area contributed by atoms with Crippen LogP contribution in [0.25, 0.3) is 20.4 Å². The molecule has 0 saturated carbocycles. The van der Waals surface area contributed by atoms with Crippen molar-refractivity contribution in [3.63, 3.8) is 0 Å². The first-order valence-corrected chi connectivity index (χ1v) is 19.2. The van der Waals surface area contributed by atoms with Gasteiger partial charge in [0.05, 0.1) is 73.1 Å². The fourth-order valence-corrected chi connectivity index (χ4v) is 7.38. The first kappa shape index (κ1) is 40.7. The third-order valence-electron chi connectivity index (χ3n) is 8.24. The number of carbonyl (C=O) groups is 2. The monoisotopic (exact) mass is 824 g/mol. The molecule has 6 rings (SSSR count). The maximum atomic E-state index is 12.8. The van der Waals surface area contributed by atoms with Crippen molar-refractivity contribution in [1.29, 1.82) is 0 Å². The molecule has 6 aromatic rings. The van der Waals surface area contributed by atoms with Crippen molar-refractivity contribution in [2.24, 2.45) is 9.98 Å². The zero-order valence-corrected chi connectivity index (χ0v) is 34.0. The summed E-state index contributed by atoms with van der Waals surface area (Å²) in [4.78, 5) is 54.5. The lowest BCUT2D eigenvalue weighted by molar-refractivity contribution is -0.144. The SMILES string of the molecule is COc1cccc(OC)c1CN=C(NOC(=O)/C=C/C(=O)ONC(=NCc1c(OC)cccc1OC)Nc1nc2ccc(C)cc2s1)Nc1nc2ccc(C)cc2s1. The number of carbonyl (C=O) groups excluding carboxylic acids is 2. The van der Waals surface area contributed by atoms with Crippen molar-refractivity contribution in [1.82, 2.24) is 20.9 Å². The molecule has 16 nitrogen and oxygen atoms in total. The molecule has 18 heteroatoms. The topological polar surface area (TPSA) is 188 Å². The highest BCUT2D eigenvalue weighted by molar-refractivity contribution is 7.22. The maximum absolute atomic E-state index is 12.8. The summed E-state index contributed by atoms with van der Waals surface area (Å²) in [7, 11) is 6.18. The largest absolute Gasteiger partial charge is 0.496 e. The Morgan fingerprint density at radius 2 is 0.983 bits per heavy atom. The minimum absolute atomic E-state index is 0.0540. The molecule has 0 atom stereocenters. The Labute approximate surface area is 341 Å². The lowest BCUT2D eigenvalue weighted by atomic mass is 10.2. The molecule has 300 valence electrons. The summed E-state index contributed by atoms with van der Waals surface area (Å²) in [5.74, 6) is 0.483. The van der Waals surface area contributed by atoms with E-state index in [4.69, 9.17) is 28.6 Å². The maximum Gasteiger partial charge on any atom is 0.356 e. The van der Waals surface area contributed by atoms with Gasteiger partial charge in [0, 0.05) is 12.2 Å². The average molecular weight is 825 g/mol. The molecule has 0 spiro atoms. The predicted octanol–water partition coefficient (Wildman–Crippen LogP) is 6.85. The Hall–Kier alpha value is -6.92. The van der Waals surface area contributed by atoms with Gasteiger partial charge in [0.2, 0.25) is 11.9 Å². The van der Waals surface area contributed by atoms with Crippen LogP contribution >= 0.6 is 22.7 Å². The first-order chi connectivity index (χ1) is 28.2. The zero-order chi connectivity index (χ0) is 41.0. The lowest BCUT2D eigenvalue weighted by Gasteiger charge is -2.13. The molecule has 4 N–H and O–H groups in total. The van der Waals surface area contributed by atoms with Crippen molar-refractivity contribution in [3.05, 3.63) is 107 Å². The first-order valence-electron chi connectivity index (χ1n) is 17.5. The highest BCUT2D eigenvalue weighted by atomic mass is 32.1. The van der Waals surface area contributed by atoms with Crippen LogP contribution in [0.1, 0.15) is 22.3 Å². The molecule has 0 aliphatic carbocycles. The molecule has 0 aliphatic heterocycles. The Morgan fingerprint density at radius 3 is 1.34 bits per heavy atom. The summed E-state index contributed by atoms with van der Waals surface area (Å²) in [5.41, 5.74) is 10.1. The van der Waals surface area contributed by atoms with Gasteiger partial charge in [-0.15, -0.1) is 0 Å². The second-order valence-corrected chi connectivity index (χ2v) is 14.3. The van der Waals surface area contributed by atoms with E-state index in [1.165, 1.54) is 22.7 Å². The van der Waals surface area contributed by atoms with Gasteiger partial charge in [-0.05, 0) is 73.5 Å². The molecule has 0 amide bonds. The van der Waals surface area contributed by atoms with Crippen molar-refractivity contribution in [2.75, 3.05) is 39.1 Å². The molecular formula is C40H40N8O8S2. The number of benzene rings is 4. The number of anilines is 2. The van der Waals surface area contributed by atoms with E-state index in [-0.39, 0.29) is 25.0 Å². The van der Waals surface area contributed by atoms with E-state index < -0.39 is 11.9 Å². The molecule has 0 unspecified atom stereocenters. The Balaban J connectivity index is 1.14. The summed E-state index contributed by atoms with van der Waals surface area (Å²) in [5, 5.41) is 7.15. The number of guanidine groups is 2. The van der Waals surface area contributed by atoms with Crippen LogP contribution in [-0.2, 0) is 32.4 Å². The minimum atomic E-state index is -0.929. The van der Waals surface area contributed by atoms with Crippen molar-refractivity contribution >= 4 is 77.2 Å². The van der Waals surface area contributed by atoms with E-state index in [2.05, 4.69) is 41.5 Å². The van der Waals surface area contributed by atoms with Crippen molar-refractivity contribution < 1.29 is 38.2 Å². The number of fused-ring (bicyclic) bond motifs is 2. The number of aryl methyl sites for hydroxylation is 2. The highest BCUT2D eigenvalue weighted by Crippen LogP contribution is 2.31. The van der Waals surface area contributed by atoms with Crippen LogP contribution in [0.2, 0.25) is 0 Å². The molecule has 0 fully saturated rings. The number of rotatable bonds is 12. The van der Waals surface area contributed by atoms with Crippen LogP contribution < -0.4 is 40.5 Å². The van der Waals surface area contributed by atoms with E-state index >= 15 is 0 Å². The highest BCUT2D eigenvalue weighted by Gasteiger charge is 2.15. The molecule has 4 aromatic carbocycles. The van der Waals surface area contributed by atoms with E-state index in [1.54, 1.807) is 64.8 Å². The van der Waals surface area contributed by atoms with Crippen LogP contribution in [0.4, 0.5) is 10.3 Å². The third-order valence-corrected chi connectivity index (χ3v) is 10.1. The summed E-state index contributed by atoms with van der Waals surface area (Å²) in [6.45, 7) is 4.15. The van der Waals surface area contributed by atoms with Crippen LogP contribution in [0, 0.1) is 13.8 Å². The fourth-order valence-electron chi connectivity index (χ4n) is 5.45. The van der Waals surface area contributed by atoms with Gasteiger partial charge in [-0.3, -0.25) is 10.6 Å². The molecule has 58 heavy (non-hydrogen) atoms. The van der Waals surface area contributed by atoms with Crippen LogP contribution in [0.3, 0.4) is 0 Å². The fraction of sp³-hybridized carbons (Fsp3) is 0.200. The van der Waals surface area contributed by atoms with Crippen LogP contribution in [-0.4, -0.2) is 62.3 Å². The van der Waals surface area contributed by atoms with Gasteiger partial charge < -0.3 is 28.6 Å². The van der Waals surface area contributed by atoms with E-state index in [0.29, 0.717) is 44.4 Å². The van der Waals surface area contributed by atoms with Crippen LogP contribution in [0.5, 0.6) is 23.0 Å². The average Bonchev–Trinajstić information content (AvgIpc) is 3.83. The van der Waals surface area contributed by atoms with Crippen molar-refractivity contribution in [3.8, 4) is 23.0 Å². The number of hydroxylamine groups is 2. The normalized spacial score (nSPS) is 11.7. The number of nitrogens with zero attached hydrogens (tertiary/aromatic N) is 4. The Bertz CT molecular complexity index is 2300. The molecule has 2 heterocycles. The molecule has 0 radical (unpaired) electrons. The summed E-state index contributed by atoms with van der Waals surface area (Å²) >= 11 is 2.79. The number of aliphatic imine (C=N–C) groups is 2. The van der Waals surface area contributed by atoms with E-state index in [1.807, 2.05) is 50.2 Å². The van der Waals surface area contributed by atoms with Gasteiger partial charge >= 0.3 is 11.9 Å². The molecule has 0 saturated heterocycles. The number of thiazole rings is 2. The Kier molecular flexibility index (Phi) is 13.5. The molecule has 0 bridgehead atoms. The molecule has 0 aliphatic rings. The van der Waals surface area contributed by atoms with Gasteiger partial charge in [-0.25, -0.2) is 29.5 Å². The summed E-state index contributed by atoms with van der Waals surface area (Å²) in [6, 6.07) is 22.5. The smallest absolute Gasteiger partial charge is 0.356 e. The summed E-state index contributed by atoms with van der Waals surface area (Å²) < 4.78 is 23.9. The van der Waals surface area contributed by atoms with Crippen molar-refractivity contribution in [2.45, 2.75) is 26.9 Å². The number of aromatic nitrogens is 2. The van der Waals surface area contributed by atoms with Gasteiger partial charge in [-0.1, -0.05) is 46.9 Å². The number of hydrogen-bond acceptors (Lipinski definition) is 14. The number of nitrogens with one attached hydrogen (secondary N) is 4. The van der Waals surface area contributed by atoms with Gasteiger partial charge in [0.15, 0.2) is 10.3 Å². The lowest BCUT2D eigenvalue weighted by Crippen LogP contribution is -2.33. The number of hydrogen-bond donors (Lipinski definition) is 4. The molecular weight excluding hydrogens is 785 g/mol. The second kappa shape index (κ2) is 19.3. The predicted molar refractivity (Wildman–Crippen MR) is 225 cm³/mol. The molecule has 2 aromatic heterocycles. The Morgan fingerprint density at radius 1 is 0.603 bits per heavy atom. The summed E-state index contributed by atoms with van der Waals surface area (Å²) in [6.07, 6.45) is 1.77.